The zero-order valence-electron chi connectivity index (χ0n) is 8.74. The number of ether oxygens (including phenoxy) is 1. The van der Waals surface area contributed by atoms with Gasteiger partial charge in [0, 0.05) is 18.1 Å². The third-order valence-electron chi connectivity index (χ3n) is 3.05. The van der Waals surface area contributed by atoms with Gasteiger partial charge in [-0.25, -0.2) is 0 Å². The highest BCUT2D eigenvalue weighted by Crippen LogP contribution is 2.37. The summed E-state index contributed by atoms with van der Waals surface area (Å²) >= 11 is 7.31. The lowest BCUT2D eigenvalue weighted by Crippen LogP contribution is -2.38. The zero-order valence-corrected chi connectivity index (χ0v) is 10.3. The van der Waals surface area contributed by atoms with Gasteiger partial charge in [0.15, 0.2) is 0 Å². The molecule has 1 aliphatic heterocycles. The Balaban J connectivity index is 2.16. The van der Waals surface area contributed by atoms with Crippen molar-refractivity contribution in [3.63, 3.8) is 0 Å². The predicted octanol–water partition coefficient (Wildman–Crippen LogP) is 2.83. The second kappa shape index (κ2) is 4.73. The number of rotatable bonds is 3. The molecule has 0 saturated carbocycles. The topological polar surface area (TPSA) is 46.5 Å². The highest BCUT2D eigenvalue weighted by Gasteiger charge is 2.40. The Morgan fingerprint density at radius 3 is 2.69 bits per heavy atom. The van der Waals surface area contributed by atoms with Crippen LogP contribution in [0.25, 0.3) is 0 Å². The predicted molar refractivity (Wildman–Crippen MR) is 63.2 cm³/mol. The van der Waals surface area contributed by atoms with Crippen molar-refractivity contribution in [2.75, 3.05) is 13.2 Å². The van der Waals surface area contributed by atoms with Gasteiger partial charge in [-0.1, -0.05) is 11.6 Å². The standard InChI is InChI=1S/C11H13ClO3S/c12-9-2-1-8(16-9)7-11(10(13)14)3-5-15-6-4-11/h1-2H,3-7H2,(H,13,14). The number of carboxylic acid groups (broad SMARTS) is 1. The van der Waals surface area contributed by atoms with E-state index >= 15 is 0 Å². The molecular formula is C11H13ClO3S. The van der Waals surface area contributed by atoms with E-state index < -0.39 is 11.4 Å². The lowest BCUT2D eigenvalue weighted by Gasteiger charge is -2.32. The molecule has 1 aromatic rings. The minimum Gasteiger partial charge on any atom is -0.481 e. The number of carboxylic acids is 1. The maximum atomic E-state index is 11.4. The maximum absolute atomic E-state index is 11.4. The average molecular weight is 261 g/mol. The van der Waals surface area contributed by atoms with Gasteiger partial charge in [-0.3, -0.25) is 4.79 Å². The van der Waals surface area contributed by atoms with Crippen molar-refractivity contribution in [3.05, 3.63) is 21.3 Å². The van der Waals surface area contributed by atoms with Crippen LogP contribution in [-0.4, -0.2) is 24.3 Å². The van der Waals surface area contributed by atoms with Crippen LogP contribution in [0.15, 0.2) is 12.1 Å². The summed E-state index contributed by atoms with van der Waals surface area (Å²) in [5, 5.41) is 9.37. The second-order valence-electron chi connectivity index (χ2n) is 4.08. The first-order chi connectivity index (χ1) is 7.62. The van der Waals surface area contributed by atoms with Crippen LogP contribution in [0.1, 0.15) is 17.7 Å². The van der Waals surface area contributed by atoms with E-state index in [2.05, 4.69) is 0 Å². The first kappa shape index (κ1) is 11.9. The largest absolute Gasteiger partial charge is 0.481 e. The van der Waals surface area contributed by atoms with Crippen LogP contribution in [0.3, 0.4) is 0 Å². The van der Waals surface area contributed by atoms with Crippen LogP contribution < -0.4 is 0 Å². The minimum absolute atomic E-state index is 0.533. The van der Waals surface area contributed by atoms with Gasteiger partial charge in [-0.2, -0.15) is 0 Å². The molecular weight excluding hydrogens is 248 g/mol. The third-order valence-corrected chi connectivity index (χ3v) is 4.28. The Morgan fingerprint density at radius 2 is 2.19 bits per heavy atom. The lowest BCUT2D eigenvalue weighted by molar-refractivity contribution is -0.154. The van der Waals surface area contributed by atoms with Crippen LogP contribution >= 0.6 is 22.9 Å². The normalized spacial score (nSPS) is 19.6. The quantitative estimate of drug-likeness (QED) is 0.909. The van der Waals surface area contributed by atoms with E-state index in [-0.39, 0.29) is 0 Å². The van der Waals surface area contributed by atoms with E-state index in [4.69, 9.17) is 16.3 Å². The molecule has 1 aliphatic rings. The number of halogens is 1. The van der Waals surface area contributed by atoms with E-state index in [0.29, 0.717) is 36.8 Å². The Morgan fingerprint density at radius 1 is 1.50 bits per heavy atom. The van der Waals surface area contributed by atoms with Crippen molar-refractivity contribution in [1.29, 1.82) is 0 Å². The van der Waals surface area contributed by atoms with Gasteiger partial charge in [0.05, 0.1) is 9.75 Å². The molecule has 2 rings (SSSR count). The summed E-state index contributed by atoms with van der Waals surface area (Å²) in [6.07, 6.45) is 1.72. The molecule has 1 N–H and O–H groups in total. The summed E-state index contributed by atoms with van der Waals surface area (Å²) in [6.45, 7) is 1.07. The molecule has 1 saturated heterocycles. The molecule has 0 radical (unpaired) electrons. The molecule has 0 aliphatic carbocycles. The van der Waals surface area contributed by atoms with Gasteiger partial charge in [-0.15, -0.1) is 11.3 Å². The van der Waals surface area contributed by atoms with Crippen LogP contribution in [-0.2, 0) is 16.0 Å². The Bertz CT molecular complexity index is 382. The fourth-order valence-electron chi connectivity index (χ4n) is 2.01. The number of aliphatic carboxylic acids is 1. The molecule has 88 valence electrons. The van der Waals surface area contributed by atoms with Crippen LogP contribution in [0.5, 0.6) is 0 Å². The molecule has 0 bridgehead atoms. The van der Waals surface area contributed by atoms with E-state index in [0.717, 1.165) is 4.88 Å². The summed E-state index contributed by atoms with van der Waals surface area (Å²) in [5.41, 5.74) is -0.660. The Hall–Kier alpha value is -0.580. The smallest absolute Gasteiger partial charge is 0.310 e. The van der Waals surface area contributed by atoms with E-state index in [1.807, 2.05) is 12.1 Å². The number of hydrogen-bond donors (Lipinski definition) is 1. The molecule has 0 unspecified atom stereocenters. The van der Waals surface area contributed by atoms with Gasteiger partial charge in [0.25, 0.3) is 0 Å². The number of thiophene rings is 1. The molecule has 0 spiro atoms. The highest BCUT2D eigenvalue weighted by atomic mass is 35.5. The summed E-state index contributed by atoms with van der Waals surface area (Å²) in [6, 6.07) is 3.73. The van der Waals surface area contributed by atoms with Crippen LogP contribution in [0.2, 0.25) is 4.34 Å². The molecule has 0 aromatic carbocycles. The zero-order chi connectivity index (χ0) is 11.6. The van der Waals surface area contributed by atoms with Crippen molar-refractivity contribution in [2.45, 2.75) is 19.3 Å². The summed E-state index contributed by atoms with van der Waals surface area (Å²) in [7, 11) is 0. The van der Waals surface area contributed by atoms with Crippen molar-refractivity contribution >= 4 is 28.9 Å². The summed E-state index contributed by atoms with van der Waals surface area (Å²) in [5.74, 6) is -0.722. The highest BCUT2D eigenvalue weighted by molar-refractivity contribution is 7.16. The van der Waals surface area contributed by atoms with E-state index in [1.54, 1.807) is 0 Å². The van der Waals surface area contributed by atoms with Gasteiger partial charge >= 0.3 is 5.97 Å². The van der Waals surface area contributed by atoms with E-state index in [1.165, 1.54) is 11.3 Å². The molecule has 0 amide bonds. The lowest BCUT2D eigenvalue weighted by atomic mass is 9.77. The molecule has 5 heteroatoms. The number of hydrogen-bond acceptors (Lipinski definition) is 3. The van der Waals surface area contributed by atoms with Gasteiger partial charge < -0.3 is 9.84 Å². The first-order valence-corrected chi connectivity index (χ1v) is 6.37. The van der Waals surface area contributed by atoms with Gasteiger partial charge in [-0.05, 0) is 31.4 Å². The Labute approximate surface area is 103 Å². The van der Waals surface area contributed by atoms with Crippen molar-refractivity contribution < 1.29 is 14.6 Å². The summed E-state index contributed by atoms with van der Waals surface area (Å²) in [4.78, 5) is 12.4. The van der Waals surface area contributed by atoms with Crippen molar-refractivity contribution in [3.8, 4) is 0 Å². The molecule has 2 heterocycles. The molecule has 1 fully saturated rings. The maximum Gasteiger partial charge on any atom is 0.310 e. The average Bonchev–Trinajstić information content (AvgIpc) is 2.65. The van der Waals surface area contributed by atoms with Crippen molar-refractivity contribution in [1.82, 2.24) is 0 Å². The Kier molecular flexibility index (Phi) is 3.52. The fourth-order valence-corrected chi connectivity index (χ4v) is 3.24. The minimum atomic E-state index is -0.722. The number of carbonyl (C=O) groups is 1. The monoisotopic (exact) mass is 260 g/mol. The van der Waals surface area contributed by atoms with Gasteiger partial charge in [0.1, 0.15) is 0 Å². The summed E-state index contributed by atoms with van der Waals surface area (Å²) < 4.78 is 5.94. The molecule has 1 aromatic heterocycles. The van der Waals surface area contributed by atoms with Crippen LogP contribution in [0, 0.1) is 5.41 Å². The van der Waals surface area contributed by atoms with Gasteiger partial charge in [0.2, 0.25) is 0 Å². The second-order valence-corrected chi connectivity index (χ2v) is 5.88. The van der Waals surface area contributed by atoms with E-state index in [9.17, 15) is 9.90 Å². The molecule has 16 heavy (non-hydrogen) atoms. The molecule has 0 atom stereocenters. The first-order valence-electron chi connectivity index (χ1n) is 5.18. The fraction of sp³-hybridized carbons (Fsp3) is 0.545. The molecule has 3 nitrogen and oxygen atoms in total. The third kappa shape index (κ3) is 2.39. The SMILES string of the molecule is O=C(O)C1(Cc2ccc(Cl)s2)CCOCC1. The van der Waals surface area contributed by atoms with Crippen LogP contribution in [0.4, 0.5) is 0 Å². The van der Waals surface area contributed by atoms with Crippen molar-refractivity contribution in [2.24, 2.45) is 5.41 Å².